The summed E-state index contributed by atoms with van der Waals surface area (Å²) in [6.07, 6.45) is 1.68. The van der Waals surface area contributed by atoms with Crippen LogP contribution >= 0.6 is 0 Å². The highest BCUT2D eigenvalue weighted by Crippen LogP contribution is 2.36. The molecule has 8 nitrogen and oxygen atoms in total. The van der Waals surface area contributed by atoms with Gasteiger partial charge in [-0.2, -0.15) is 13.2 Å². The van der Waals surface area contributed by atoms with Gasteiger partial charge in [-0.25, -0.2) is 4.98 Å². The third-order valence-electron chi connectivity index (χ3n) is 5.94. The summed E-state index contributed by atoms with van der Waals surface area (Å²) in [4.78, 5) is 24.9. The van der Waals surface area contributed by atoms with Crippen LogP contribution in [-0.2, 0) is 12.7 Å². The summed E-state index contributed by atoms with van der Waals surface area (Å²) in [6, 6.07) is 9.96. The van der Waals surface area contributed by atoms with Gasteiger partial charge in [0.1, 0.15) is 11.5 Å². The van der Waals surface area contributed by atoms with E-state index in [4.69, 9.17) is 8.83 Å². The summed E-state index contributed by atoms with van der Waals surface area (Å²) in [5, 5.41) is 2.63. The molecule has 0 atom stereocenters. The minimum atomic E-state index is -4.55. The lowest BCUT2D eigenvalue weighted by Crippen LogP contribution is -2.46. The fourth-order valence-corrected chi connectivity index (χ4v) is 4.09. The summed E-state index contributed by atoms with van der Waals surface area (Å²) < 4.78 is 51.3. The Kier molecular flexibility index (Phi) is 6.47. The van der Waals surface area contributed by atoms with Crippen LogP contribution in [-0.4, -0.2) is 47.0 Å². The van der Waals surface area contributed by atoms with Gasteiger partial charge < -0.3 is 19.1 Å². The number of alkyl halides is 3. The van der Waals surface area contributed by atoms with Gasteiger partial charge in [0.2, 0.25) is 0 Å². The van der Waals surface area contributed by atoms with Gasteiger partial charge in [-0.1, -0.05) is 0 Å². The number of aromatic nitrogens is 2. The number of piperazine rings is 1. The Morgan fingerprint density at radius 1 is 1.00 bits per heavy atom. The van der Waals surface area contributed by atoms with Crippen molar-refractivity contribution in [1.29, 1.82) is 0 Å². The Bertz CT molecular complexity index is 1310. The molecular weight excluding hydrogens is 475 g/mol. The maximum absolute atomic E-state index is 13.5. The zero-order chi connectivity index (χ0) is 25.1. The molecule has 36 heavy (non-hydrogen) atoms. The SMILES string of the molecule is O=C(Nc1cc(C(F)(F)F)ccc1N1CCN(Cc2cnco2)CC1)c1ccc(-c2ccncc2)o1. The minimum Gasteiger partial charge on any atom is -0.451 e. The smallest absolute Gasteiger partial charge is 0.416 e. The van der Waals surface area contributed by atoms with Crippen LogP contribution in [0.15, 0.2) is 76.3 Å². The van der Waals surface area contributed by atoms with Gasteiger partial charge in [0.15, 0.2) is 12.2 Å². The number of benzene rings is 1. The van der Waals surface area contributed by atoms with Gasteiger partial charge in [-0.15, -0.1) is 0 Å². The number of carbonyl (C=O) groups excluding carboxylic acids is 1. The molecule has 4 heterocycles. The number of carbonyl (C=O) groups is 1. The molecule has 3 aromatic heterocycles. The zero-order valence-corrected chi connectivity index (χ0v) is 19.0. The highest BCUT2D eigenvalue weighted by molar-refractivity contribution is 6.04. The number of oxazole rings is 1. The second-order valence-corrected chi connectivity index (χ2v) is 8.31. The fraction of sp³-hybridized carbons (Fsp3) is 0.240. The normalized spacial score (nSPS) is 14.7. The Labute approximate surface area is 204 Å². The van der Waals surface area contributed by atoms with Crippen molar-refractivity contribution in [3.05, 3.63) is 84.5 Å². The number of anilines is 2. The van der Waals surface area contributed by atoms with Crippen LogP contribution in [0.5, 0.6) is 0 Å². The van der Waals surface area contributed by atoms with E-state index in [1.165, 1.54) is 18.5 Å². The van der Waals surface area contributed by atoms with Crippen molar-refractivity contribution < 1.29 is 26.8 Å². The number of amides is 1. The highest BCUT2D eigenvalue weighted by atomic mass is 19.4. The molecule has 0 saturated carbocycles. The first-order valence-corrected chi connectivity index (χ1v) is 11.2. The maximum atomic E-state index is 13.5. The van der Waals surface area contributed by atoms with Gasteiger partial charge in [0.25, 0.3) is 5.91 Å². The molecule has 0 unspecified atom stereocenters. The lowest BCUT2D eigenvalue weighted by molar-refractivity contribution is -0.137. The van der Waals surface area contributed by atoms with Crippen molar-refractivity contribution in [3.8, 4) is 11.3 Å². The van der Waals surface area contributed by atoms with Crippen LogP contribution in [0.25, 0.3) is 11.3 Å². The summed E-state index contributed by atoms with van der Waals surface area (Å²) in [6.45, 7) is 3.07. The van der Waals surface area contributed by atoms with E-state index < -0.39 is 17.6 Å². The predicted molar refractivity (Wildman–Crippen MR) is 125 cm³/mol. The summed E-state index contributed by atoms with van der Waals surface area (Å²) in [5.41, 5.74) is 0.464. The van der Waals surface area contributed by atoms with Crippen LogP contribution in [0.4, 0.5) is 24.5 Å². The molecule has 1 saturated heterocycles. The molecule has 0 spiro atoms. The molecule has 4 aromatic rings. The molecule has 186 valence electrons. The molecule has 0 radical (unpaired) electrons. The third-order valence-corrected chi connectivity index (χ3v) is 5.94. The molecule has 1 aliphatic rings. The molecule has 1 aromatic carbocycles. The van der Waals surface area contributed by atoms with Crippen LogP contribution < -0.4 is 10.2 Å². The average Bonchev–Trinajstić information content (AvgIpc) is 3.57. The van der Waals surface area contributed by atoms with Crippen molar-refractivity contribution in [2.75, 3.05) is 36.4 Å². The Hall–Kier alpha value is -4.12. The van der Waals surface area contributed by atoms with Gasteiger partial charge in [0.05, 0.1) is 29.7 Å². The van der Waals surface area contributed by atoms with Gasteiger partial charge in [-0.3, -0.25) is 14.7 Å². The standard InChI is InChI=1S/C25H22F3N5O3/c26-25(27,28)18-1-2-21(33-11-9-32(10-12-33)15-19-14-30-16-35-19)20(13-18)31-24(34)23-4-3-22(36-23)17-5-7-29-8-6-17/h1-8,13-14,16H,9-12,15H2,(H,31,34). The number of furan rings is 1. The lowest BCUT2D eigenvalue weighted by Gasteiger charge is -2.36. The van der Waals surface area contributed by atoms with Crippen LogP contribution in [0.1, 0.15) is 21.9 Å². The van der Waals surface area contributed by atoms with E-state index in [0.717, 1.165) is 23.5 Å². The summed E-state index contributed by atoms with van der Waals surface area (Å²) in [5.74, 6) is 0.548. The second kappa shape index (κ2) is 9.86. The Balaban J connectivity index is 1.34. The molecule has 1 fully saturated rings. The number of nitrogens with zero attached hydrogens (tertiary/aromatic N) is 4. The number of nitrogens with one attached hydrogen (secondary N) is 1. The molecule has 1 amide bonds. The van der Waals surface area contributed by atoms with E-state index in [1.54, 1.807) is 36.8 Å². The van der Waals surface area contributed by atoms with Crippen molar-refractivity contribution in [2.24, 2.45) is 0 Å². The molecule has 0 aliphatic carbocycles. The zero-order valence-electron chi connectivity index (χ0n) is 19.0. The van der Waals surface area contributed by atoms with Gasteiger partial charge in [-0.05, 0) is 42.5 Å². The van der Waals surface area contributed by atoms with Gasteiger partial charge >= 0.3 is 6.18 Å². The number of rotatable bonds is 6. The summed E-state index contributed by atoms with van der Waals surface area (Å²) in [7, 11) is 0. The molecule has 1 N–H and O–H groups in total. The second-order valence-electron chi connectivity index (χ2n) is 8.31. The molecule has 11 heteroatoms. The number of hydrogen-bond donors (Lipinski definition) is 1. The average molecular weight is 497 g/mol. The summed E-state index contributed by atoms with van der Waals surface area (Å²) >= 11 is 0. The first-order chi connectivity index (χ1) is 17.4. The van der Waals surface area contributed by atoms with Crippen LogP contribution in [0, 0.1) is 0 Å². The number of halogens is 3. The number of pyridine rings is 1. The molecule has 0 bridgehead atoms. The Morgan fingerprint density at radius 2 is 1.78 bits per heavy atom. The molecular formula is C25H22F3N5O3. The first-order valence-electron chi connectivity index (χ1n) is 11.2. The minimum absolute atomic E-state index is 0.0120. The van der Waals surface area contributed by atoms with Crippen LogP contribution in [0.3, 0.4) is 0 Å². The topological polar surface area (TPSA) is 87.6 Å². The van der Waals surface area contributed by atoms with Gasteiger partial charge in [0, 0.05) is 44.1 Å². The van der Waals surface area contributed by atoms with E-state index in [9.17, 15) is 18.0 Å². The van der Waals surface area contributed by atoms with E-state index in [-0.39, 0.29) is 11.4 Å². The van der Waals surface area contributed by atoms with E-state index in [1.807, 2.05) is 4.90 Å². The Morgan fingerprint density at radius 3 is 2.47 bits per heavy atom. The molecule has 5 rings (SSSR count). The highest BCUT2D eigenvalue weighted by Gasteiger charge is 2.32. The lowest BCUT2D eigenvalue weighted by atomic mass is 10.1. The van der Waals surface area contributed by atoms with E-state index in [2.05, 4.69) is 20.2 Å². The number of hydrogen-bond acceptors (Lipinski definition) is 7. The van der Waals surface area contributed by atoms with E-state index in [0.29, 0.717) is 44.2 Å². The quantitative estimate of drug-likeness (QED) is 0.405. The van der Waals surface area contributed by atoms with Crippen molar-refractivity contribution in [1.82, 2.24) is 14.9 Å². The van der Waals surface area contributed by atoms with Crippen LogP contribution in [0.2, 0.25) is 0 Å². The fourth-order valence-electron chi connectivity index (χ4n) is 4.09. The predicted octanol–water partition coefficient (Wildman–Crippen LogP) is 4.92. The third kappa shape index (κ3) is 5.25. The molecule has 1 aliphatic heterocycles. The van der Waals surface area contributed by atoms with Crippen molar-refractivity contribution in [3.63, 3.8) is 0 Å². The monoisotopic (exact) mass is 497 g/mol. The van der Waals surface area contributed by atoms with Crippen molar-refractivity contribution in [2.45, 2.75) is 12.7 Å². The van der Waals surface area contributed by atoms with Crippen molar-refractivity contribution >= 4 is 17.3 Å². The first kappa shape index (κ1) is 23.6. The largest absolute Gasteiger partial charge is 0.451 e. The van der Waals surface area contributed by atoms with E-state index >= 15 is 0 Å². The maximum Gasteiger partial charge on any atom is 0.416 e.